The highest BCUT2D eigenvalue weighted by molar-refractivity contribution is 9.10. The second-order valence-corrected chi connectivity index (χ2v) is 5.73. The standard InChI is InChI=1S/C12H18BrNS/c1-10(15-2)7-8-14-9-11-5-3-4-6-12(11)13/h3-6,10,14H,7-9H2,1-2H3. The molecule has 0 spiro atoms. The molecule has 84 valence electrons. The minimum atomic E-state index is 0.747. The molecule has 0 amide bonds. The van der Waals surface area contributed by atoms with E-state index in [2.05, 4.69) is 52.6 Å². The van der Waals surface area contributed by atoms with Crippen molar-refractivity contribution in [2.24, 2.45) is 0 Å². The largest absolute Gasteiger partial charge is 0.313 e. The highest BCUT2D eigenvalue weighted by Crippen LogP contribution is 2.15. The maximum atomic E-state index is 3.55. The molecule has 0 bridgehead atoms. The Hall–Kier alpha value is 0.01000. The minimum absolute atomic E-state index is 0.747. The molecule has 0 aliphatic rings. The second-order valence-electron chi connectivity index (χ2n) is 3.60. The third kappa shape index (κ3) is 5.05. The molecular formula is C12H18BrNS. The Balaban J connectivity index is 2.23. The lowest BCUT2D eigenvalue weighted by molar-refractivity contribution is 0.647. The highest BCUT2D eigenvalue weighted by Gasteiger charge is 2.00. The monoisotopic (exact) mass is 287 g/mol. The van der Waals surface area contributed by atoms with Gasteiger partial charge in [0, 0.05) is 16.3 Å². The molecule has 1 atom stereocenters. The summed E-state index contributed by atoms with van der Waals surface area (Å²) < 4.78 is 1.19. The first-order chi connectivity index (χ1) is 7.24. The van der Waals surface area contributed by atoms with Crippen LogP contribution in [0.1, 0.15) is 18.9 Å². The molecule has 0 radical (unpaired) electrons. The third-order valence-electron chi connectivity index (χ3n) is 2.40. The average Bonchev–Trinajstić information content (AvgIpc) is 2.26. The molecule has 0 aromatic heterocycles. The average molecular weight is 288 g/mol. The van der Waals surface area contributed by atoms with Gasteiger partial charge in [-0.3, -0.25) is 0 Å². The predicted octanol–water partition coefficient (Wildman–Crippen LogP) is 3.68. The summed E-state index contributed by atoms with van der Waals surface area (Å²) in [5, 5.41) is 4.21. The van der Waals surface area contributed by atoms with Crippen molar-refractivity contribution in [1.29, 1.82) is 0 Å². The third-order valence-corrected chi connectivity index (χ3v) is 4.22. The molecule has 1 aromatic carbocycles. The summed E-state index contributed by atoms with van der Waals surface area (Å²) in [6.45, 7) is 4.30. The number of hydrogen-bond acceptors (Lipinski definition) is 2. The van der Waals surface area contributed by atoms with Crippen LogP contribution < -0.4 is 5.32 Å². The van der Waals surface area contributed by atoms with Gasteiger partial charge >= 0.3 is 0 Å². The number of hydrogen-bond donors (Lipinski definition) is 1. The fraction of sp³-hybridized carbons (Fsp3) is 0.500. The van der Waals surface area contributed by atoms with Crippen molar-refractivity contribution in [3.8, 4) is 0 Å². The number of thioether (sulfide) groups is 1. The summed E-state index contributed by atoms with van der Waals surface area (Å²) in [4.78, 5) is 0. The van der Waals surface area contributed by atoms with Crippen molar-refractivity contribution in [3.63, 3.8) is 0 Å². The Morgan fingerprint density at radius 3 is 2.80 bits per heavy atom. The number of rotatable bonds is 6. The number of benzene rings is 1. The van der Waals surface area contributed by atoms with Crippen LogP contribution in [0.25, 0.3) is 0 Å². The van der Waals surface area contributed by atoms with Crippen LogP contribution in [0.5, 0.6) is 0 Å². The van der Waals surface area contributed by atoms with Gasteiger partial charge in [0.25, 0.3) is 0 Å². The summed E-state index contributed by atoms with van der Waals surface area (Å²) in [6, 6.07) is 8.35. The van der Waals surface area contributed by atoms with Gasteiger partial charge in [-0.25, -0.2) is 0 Å². The summed E-state index contributed by atoms with van der Waals surface area (Å²) in [5.74, 6) is 0. The van der Waals surface area contributed by atoms with E-state index in [0.29, 0.717) is 0 Å². The zero-order valence-corrected chi connectivity index (χ0v) is 11.7. The van der Waals surface area contributed by atoms with E-state index in [1.54, 1.807) is 0 Å². The molecule has 0 fully saturated rings. The van der Waals surface area contributed by atoms with E-state index in [1.165, 1.54) is 16.5 Å². The second kappa shape index (κ2) is 7.31. The molecule has 0 heterocycles. The van der Waals surface area contributed by atoms with Crippen LogP contribution in [0.3, 0.4) is 0 Å². The molecule has 1 aromatic rings. The van der Waals surface area contributed by atoms with Gasteiger partial charge in [-0.1, -0.05) is 41.1 Å². The molecule has 1 unspecified atom stereocenters. The lowest BCUT2D eigenvalue weighted by Gasteiger charge is -2.09. The Kier molecular flexibility index (Phi) is 6.37. The molecule has 0 aliphatic carbocycles. The minimum Gasteiger partial charge on any atom is -0.313 e. The Morgan fingerprint density at radius 1 is 1.40 bits per heavy atom. The van der Waals surface area contributed by atoms with Gasteiger partial charge in [0.05, 0.1) is 0 Å². The fourth-order valence-corrected chi connectivity index (χ4v) is 2.07. The summed E-state index contributed by atoms with van der Waals surface area (Å²) >= 11 is 5.47. The van der Waals surface area contributed by atoms with E-state index in [-0.39, 0.29) is 0 Å². The normalized spacial score (nSPS) is 12.7. The van der Waals surface area contributed by atoms with Crippen LogP contribution in [0.15, 0.2) is 28.7 Å². The molecule has 0 aliphatic heterocycles. The fourth-order valence-electron chi connectivity index (χ4n) is 1.29. The topological polar surface area (TPSA) is 12.0 Å². The smallest absolute Gasteiger partial charge is 0.0220 e. The van der Waals surface area contributed by atoms with Crippen molar-refractivity contribution in [2.45, 2.75) is 25.1 Å². The lowest BCUT2D eigenvalue weighted by atomic mass is 10.2. The maximum absolute atomic E-state index is 3.55. The molecule has 15 heavy (non-hydrogen) atoms. The first-order valence-electron chi connectivity index (χ1n) is 5.21. The Labute approximate surface area is 105 Å². The van der Waals surface area contributed by atoms with E-state index >= 15 is 0 Å². The van der Waals surface area contributed by atoms with E-state index in [0.717, 1.165) is 18.3 Å². The van der Waals surface area contributed by atoms with Crippen LogP contribution in [-0.4, -0.2) is 18.1 Å². The van der Waals surface area contributed by atoms with Gasteiger partial charge in [-0.05, 0) is 30.9 Å². The molecule has 1 nitrogen and oxygen atoms in total. The van der Waals surface area contributed by atoms with E-state index in [1.807, 2.05) is 17.8 Å². The van der Waals surface area contributed by atoms with E-state index < -0.39 is 0 Å². The van der Waals surface area contributed by atoms with Crippen molar-refractivity contribution >= 4 is 27.7 Å². The van der Waals surface area contributed by atoms with Crippen molar-refractivity contribution < 1.29 is 0 Å². The predicted molar refractivity (Wildman–Crippen MR) is 73.4 cm³/mol. The van der Waals surface area contributed by atoms with Gasteiger partial charge in [0.2, 0.25) is 0 Å². The van der Waals surface area contributed by atoms with Gasteiger partial charge < -0.3 is 5.32 Å². The Bertz CT molecular complexity index is 291. The first kappa shape index (κ1) is 13.1. The summed E-state index contributed by atoms with van der Waals surface area (Å²) in [7, 11) is 0. The van der Waals surface area contributed by atoms with Crippen LogP contribution in [0.4, 0.5) is 0 Å². The number of nitrogens with one attached hydrogen (secondary N) is 1. The first-order valence-corrected chi connectivity index (χ1v) is 7.29. The van der Waals surface area contributed by atoms with Crippen LogP contribution >= 0.6 is 27.7 Å². The van der Waals surface area contributed by atoms with Gasteiger partial charge in [0.1, 0.15) is 0 Å². The summed E-state index contributed by atoms with van der Waals surface area (Å²) in [5.41, 5.74) is 1.33. The SMILES string of the molecule is CSC(C)CCNCc1ccccc1Br. The van der Waals surface area contributed by atoms with E-state index in [4.69, 9.17) is 0 Å². The van der Waals surface area contributed by atoms with Crippen molar-refractivity contribution in [3.05, 3.63) is 34.3 Å². The molecular weight excluding hydrogens is 270 g/mol. The van der Waals surface area contributed by atoms with Gasteiger partial charge in [-0.2, -0.15) is 11.8 Å². The van der Waals surface area contributed by atoms with Gasteiger partial charge in [0.15, 0.2) is 0 Å². The van der Waals surface area contributed by atoms with E-state index in [9.17, 15) is 0 Å². The molecule has 0 saturated carbocycles. The quantitative estimate of drug-likeness (QED) is 0.801. The molecule has 0 saturated heterocycles. The highest BCUT2D eigenvalue weighted by atomic mass is 79.9. The van der Waals surface area contributed by atoms with Crippen LogP contribution in [0, 0.1) is 0 Å². The number of halogens is 1. The molecule has 3 heteroatoms. The Morgan fingerprint density at radius 2 is 2.13 bits per heavy atom. The van der Waals surface area contributed by atoms with Crippen LogP contribution in [0.2, 0.25) is 0 Å². The zero-order valence-electron chi connectivity index (χ0n) is 9.29. The zero-order chi connectivity index (χ0) is 11.1. The van der Waals surface area contributed by atoms with Crippen molar-refractivity contribution in [1.82, 2.24) is 5.32 Å². The molecule has 1 N–H and O–H groups in total. The van der Waals surface area contributed by atoms with Crippen molar-refractivity contribution in [2.75, 3.05) is 12.8 Å². The van der Waals surface area contributed by atoms with Gasteiger partial charge in [-0.15, -0.1) is 0 Å². The van der Waals surface area contributed by atoms with Crippen LogP contribution in [-0.2, 0) is 6.54 Å². The lowest BCUT2D eigenvalue weighted by Crippen LogP contribution is -2.17. The maximum Gasteiger partial charge on any atom is 0.0220 e. The summed E-state index contributed by atoms with van der Waals surface area (Å²) in [6.07, 6.45) is 3.39. The molecule has 1 rings (SSSR count).